The average molecular weight is 607 g/mol. The predicted molar refractivity (Wildman–Crippen MR) is 145 cm³/mol. The Labute approximate surface area is 225 Å². The molecule has 0 aliphatic carbocycles. The molecule has 1 atom stereocenters. The maximum atomic E-state index is 13.7. The van der Waals surface area contributed by atoms with Crippen LogP contribution in [0, 0.1) is 0 Å². The first kappa shape index (κ1) is 29.4. The van der Waals surface area contributed by atoms with Gasteiger partial charge in [0.15, 0.2) is 0 Å². The number of anilines is 1. The highest BCUT2D eigenvalue weighted by molar-refractivity contribution is 9.10. The molecule has 1 unspecified atom stereocenters. The molecule has 1 N–H and O–H groups in total. The van der Waals surface area contributed by atoms with Gasteiger partial charge >= 0.3 is 0 Å². The van der Waals surface area contributed by atoms with Gasteiger partial charge in [0, 0.05) is 26.6 Å². The second-order valence-corrected chi connectivity index (χ2v) is 12.7. The molecule has 2 amide bonds. The lowest BCUT2D eigenvalue weighted by Crippen LogP contribution is -2.55. The van der Waals surface area contributed by atoms with Gasteiger partial charge in [-0.3, -0.25) is 13.9 Å². The first-order chi connectivity index (χ1) is 16.1. The minimum absolute atomic E-state index is 0.00152. The third-order valence-electron chi connectivity index (χ3n) is 5.04. The highest BCUT2D eigenvalue weighted by atomic mass is 79.9. The minimum atomic E-state index is -3.83. The van der Waals surface area contributed by atoms with Gasteiger partial charge in [-0.05, 0) is 73.0 Å². The number of para-hydroxylation sites is 1. The molecular weight excluding hydrogens is 577 g/mol. The van der Waals surface area contributed by atoms with Crippen molar-refractivity contribution >= 4 is 66.7 Å². The van der Waals surface area contributed by atoms with Gasteiger partial charge in [-0.15, -0.1) is 0 Å². The van der Waals surface area contributed by atoms with E-state index in [2.05, 4.69) is 21.2 Å². The summed E-state index contributed by atoms with van der Waals surface area (Å²) >= 11 is 15.8. The Morgan fingerprint density at radius 3 is 2.26 bits per heavy atom. The number of carbonyl (C=O) groups excluding carboxylic acids is 2. The van der Waals surface area contributed by atoms with Gasteiger partial charge in [0.2, 0.25) is 21.8 Å². The summed E-state index contributed by atoms with van der Waals surface area (Å²) in [5.41, 5.74) is 0.378. The van der Waals surface area contributed by atoms with E-state index in [0.29, 0.717) is 32.2 Å². The Kier molecular flexibility index (Phi) is 10.0. The van der Waals surface area contributed by atoms with E-state index in [1.807, 2.05) is 20.8 Å². The first-order valence-corrected chi connectivity index (χ1v) is 14.3. The summed E-state index contributed by atoms with van der Waals surface area (Å²) in [6, 6.07) is 10.7. The summed E-state index contributed by atoms with van der Waals surface area (Å²) in [5.74, 6) is -0.890. The number of amides is 2. The van der Waals surface area contributed by atoms with Crippen molar-refractivity contribution in [2.45, 2.75) is 52.2 Å². The number of carbonyl (C=O) groups is 2. The van der Waals surface area contributed by atoms with Gasteiger partial charge < -0.3 is 10.2 Å². The number of sulfonamides is 1. The average Bonchev–Trinajstić information content (AvgIpc) is 2.71. The number of halogens is 3. The standard InChI is InChI=1S/C24H30BrCl2N3O4S/c1-6-20(23(32)28-24(2,3)4)29(14-16-11-12-17(26)13-19(16)27)22(31)15-30(35(5,33)34)21-10-8-7-9-18(21)25/h7-13,20H,6,14-15H2,1-5H3,(H,28,32). The van der Waals surface area contributed by atoms with Crippen LogP contribution in [0.2, 0.25) is 10.0 Å². The molecular formula is C24H30BrCl2N3O4S. The zero-order chi connectivity index (χ0) is 26.6. The topological polar surface area (TPSA) is 86.8 Å². The molecule has 192 valence electrons. The highest BCUT2D eigenvalue weighted by Gasteiger charge is 2.33. The van der Waals surface area contributed by atoms with Crippen LogP contribution in [0.3, 0.4) is 0 Å². The monoisotopic (exact) mass is 605 g/mol. The van der Waals surface area contributed by atoms with Crippen LogP contribution in [0.5, 0.6) is 0 Å². The quantitative estimate of drug-likeness (QED) is 0.423. The fourth-order valence-corrected chi connectivity index (χ4v) is 5.40. The number of hydrogen-bond donors (Lipinski definition) is 1. The molecule has 0 radical (unpaired) electrons. The summed E-state index contributed by atoms with van der Waals surface area (Å²) in [6.07, 6.45) is 1.34. The van der Waals surface area contributed by atoms with Crippen LogP contribution in [0.1, 0.15) is 39.7 Å². The molecule has 11 heteroatoms. The van der Waals surface area contributed by atoms with Crippen LogP contribution >= 0.6 is 39.1 Å². The number of rotatable bonds is 9. The van der Waals surface area contributed by atoms with E-state index in [1.54, 1.807) is 49.4 Å². The van der Waals surface area contributed by atoms with Gasteiger partial charge in [0.05, 0.1) is 11.9 Å². The molecule has 2 aromatic rings. The Bertz CT molecular complexity index is 1190. The number of nitrogens with one attached hydrogen (secondary N) is 1. The molecule has 0 saturated heterocycles. The molecule has 0 aliphatic heterocycles. The fourth-order valence-electron chi connectivity index (χ4n) is 3.45. The lowest BCUT2D eigenvalue weighted by atomic mass is 10.1. The molecule has 0 aliphatic rings. The van der Waals surface area contributed by atoms with Crippen LogP contribution < -0.4 is 9.62 Å². The molecule has 35 heavy (non-hydrogen) atoms. The molecule has 0 fully saturated rings. The first-order valence-electron chi connectivity index (χ1n) is 10.9. The van der Waals surface area contributed by atoms with Crippen molar-refractivity contribution in [3.8, 4) is 0 Å². The van der Waals surface area contributed by atoms with Crippen molar-refractivity contribution in [3.63, 3.8) is 0 Å². The Balaban J connectivity index is 2.51. The van der Waals surface area contributed by atoms with Gasteiger partial charge in [-0.2, -0.15) is 0 Å². The summed E-state index contributed by atoms with van der Waals surface area (Å²) in [5, 5.41) is 3.69. The largest absolute Gasteiger partial charge is 0.350 e. The molecule has 0 spiro atoms. The predicted octanol–water partition coefficient (Wildman–Crippen LogP) is 5.24. The lowest BCUT2D eigenvalue weighted by Gasteiger charge is -2.34. The Morgan fingerprint density at radius 1 is 1.11 bits per heavy atom. The SMILES string of the molecule is CCC(C(=O)NC(C)(C)C)N(Cc1ccc(Cl)cc1Cl)C(=O)CN(c1ccccc1Br)S(C)(=O)=O. The minimum Gasteiger partial charge on any atom is -0.350 e. The normalized spacial score (nSPS) is 12.7. The third-order valence-corrected chi connectivity index (χ3v) is 7.42. The zero-order valence-electron chi connectivity index (χ0n) is 20.3. The van der Waals surface area contributed by atoms with E-state index in [0.717, 1.165) is 10.6 Å². The maximum absolute atomic E-state index is 13.7. The summed E-state index contributed by atoms with van der Waals surface area (Å²) in [6.45, 7) is 6.83. The highest BCUT2D eigenvalue weighted by Crippen LogP contribution is 2.29. The van der Waals surface area contributed by atoms with Crippen LogP contribution in [-0.2, 0) is 26.2 Å². The third kappa shape index (κ3) is 8.37. The fraction of sp³-hybridized carbons (Fsp3) is 0.417. The van der Waals surface area contributed by atoms with E-state index in [1.165, 1.54) is 4.90 Å². The second kappa shape index (κ2) is 12.0. The smallest absolute Gasteiger partial charge is 0.244 e. The van der Waals surface area contributed by atoms with E-state index in [-0.39, 0.29) is 12.5 Å². The zero-order valence-corrected chi connectivity index (χ0v) is 24.2. The van der Waals surface area contributed by atoms with E-state index in [4.69, 9.17) is 23.2 Å². The molecule has 0 bridgehead atoms. The van der Waals surface area contributed by atoms with Crippen molar-refractivity contribution in [1.29, 1.82) is 0 Å². The summed E-state index contributed by atoms with van der Waals surface area (Å²) < 4.78 is 26.9. The molecule has 2 aromatic carbocycles. The van der Waals surface area contributed by atoms with Gasteiger partial charge in [-0.25, -0.2) is 8.42 Å². The van der Waals surface area contributed by atoms with Crippen molar-refractivity contribution in [2.24, 2.45) is 0 Å². The Hall–Kier alpha value is -1.81. The van der Waals surface area contributed by atoms with E-state index >= 15 is 0 Å². The van der Waals surface area contributed by atoms with Gasteiger partial charge in [0.25, 0.3) is 0 Å². The van der Waals surface area contributed by atoms with Crippen LogP contribution in [0.25, 0.3) is 0 Å². The number of benzene rings is 2. The van der Waals surface area contributed by atoms with Gasteiger partial charge in [0.1, 0.15) is 12.6 Å². The molecule has 0 heterocycles. The van der Waals surface area contributed by atoms with Crippen molar-refractivity contribution in [3.05, 3.63) is 62.5 Å². The second-order valence-electron chi connectivity index (χ2n) is 9.14. The summed E-state index contributed by atoms with van der Waals surface area (Å²) in [4.78, 5) is 28.2. The number of hydrogen-bond acceptors (Lipinski definition) is 4. The molecule has 7 nitrogen and oxygen atoms in total. The van der Waals surface area contributed by atoms with Crippen molar-refractivity contribution in [2.75, 3.05) is 17.1 Å². The van der Waals surface area contributed by atoms with Crippen LogP contribution in [0.15, 0.2) is 46.9 Å². The lowest BCUT2D eigenvalue weighted by molar-refractivity contribution is -0.141. The van der Waals surface area contributed by atoms with Crippen molar-refractivity contribution < 1.29 is 18.0 Å². The van der Waals surface area contributed by atoms with Gasteiger partial charge in [-0.1, -0.05) is 48.3 Å². The number of nitrogens with zero attached hydrogens (tertiary/aromatic N) is 2. The maximum Gasteiger partial charge on any atom is 0.244 e. The van der Waals surface area contributed by atoms with Crippen LogP contribution in [0.4, 0.5) is 5.69 Å². The Morgan fingerprint density at radius 2 is 1.74 bits per heavy atom. The summed E-state index contributed by atoms with van der Waals surface area (Å²) in [7, 11) is -3.83. The van der Waals surface area contributed by atoms with E-state index in [9.17, 15) is 18.0 Å². The van der Waals surface area contributed by atoms with E-state index < -0.39 is 34.1 Å². The van der Waals surface area contributed by atoms with Crippen LogP contribution in [-0.4, -0.2) is 49.5 Å². The van der Waals surface area contributed by atoms with Crippen molar-refractivity contribution in [1.82, 2.24) is 10.2 Å². The molecule has 2 rings (SSSR count). The molecule has 0 saturated carbocycles. The molecule has 0 aromatic heterocycles.